The second-order valence-corrected chi connectivity index (χ2v) is 19.8. The number of amides is 4. The Hall–Kier alpha value is -6.13. The van der Waals surface area contributed by atoms with Gasteiger partial charge in [0.15, 0.2) is 0 Å². The van der Waals surface area contributed by atoms with Gasteiger partial charge < -0.3 is 24.8 Å². The van der Waals surface area contributed by atoms with E-state index in [1.165, 1.54) is 16.1 Å². The van der Waals surface area contributed by atoms with Gasteiger partial charge in [-0.1, -0.05) is 53.9 Å². The van der Waals surface area contributed by atoms with Crippen molar-refractivity contribution in [2.24, 2.45) is 5.10 Å². The third-order valence-corrected chi connectivity index (χ3v) is 11.1. The van der Waals surface area contributed by atoms with E-state index in [1.54, 1.807) is 55.6 Å². The fraction of sp³-hybridized carbons (Fsp3) is 0.412. The van der Waals surface area contributed by atoms with Crippen LogP contribution in [-0.2, 0) is 9.31 Å². The number of hydrazine groups is 2. The number of nitrogens with zero attached hydrogens (tertiary/aromatic N) is 3. The summed E-state index contributed by atoms with van der Waals surface area (Å²) in [4.78, 5) is 64.6. The van der Waals surface area contributed by atoms with Gasteiger partial charge in [-0.15, -0.1) is 0 Å². The lowest BCUT2D eigenvalue weighted by Gasteiger charge is -2.35. The Bertz CT molecular complexity index is 2470. The van der Waals surface area contributed by atoms with Crippen molar-refractivity contribution in [3.63, 3.8) is 0 Å². The van der Waals surface area contributed by atoms with Gasteiger partial charge in [-0.3, -0.25) is 34.8 Å². The molecule has 0 aromatic heterocycles. The van der Waals surface area contributed by atoms with Crippen molar-refractivity contribution in [2.45, 2.75) is 134 Å². The number of hydrogen-bond acceptors (Lipinski definition) is 11. The number of carbonyl (C=O) groups is 5. The zero-order valence-corrected chi connectivity index (χ0v) is 41.5. The van der Waals surface area contributed by atoms with Gasteiger partial charge in [0.05, 0.1) is 28.5 Å². The molecule has 0 saturated carbocycles. The maximum absolute atomic E-state index is 13.4. The number of hydrazone groups is 1. The highest BCUT2D eigenvalue weighted by Crippen LogP contribution is 2.36. The van der Waals surface area contributed by atoms with E-state index in [-0.39, 0.29) is 31.4 Å². The van der Waals surface area contributed by atoms with E-state index in [9.17, 15) is 29.0 Å². The van der Waals surface area contributed by atoms with Crippen LogP contribution >= 0.6 is 0 Å². The smallest absolute Gasteiger partial charge is 0.428 e. The van der Waals surface area contributed by atoms with Crippen LogP contribution in [-0.4, -0.2) is 99.3 Å². The summed E-state index contributed by atoms with van der Waals surface area (Å²) < 4.78 is 12.1. The predicted octanol–water partition coefficient (Wildman–Crippen LogP) is 6.15. The number of hydrogen-bond donors (Lipinski definition) is 5. The van der Waals surface area contributed by atoms with Crippen molar-refractivity contribution >= 4 is 61.2 Å². The zero-order chi connectivity index (χ0) is 50.4. The molecule has 5 N–H and O–H groups in total. The molecule has 0 bridgehead atoms. The molecule has 68 heavy (non-hydrogen) atoms. The number of rotatable bonds is 6. The number of fused-ring (bicyclic) bond motifs is 1. The quantitative estimate of drug-likeness (QED) is 0.0850. The molecular weight excluding hydrogens is 862 g/mol. The van der Waals surface area contributed by atoms with Crippen molar-refractivity contribution in [1.82, 2.24) is 26.2 Å². The van der Waals surface area contributed by atoms with Crippen LogP contribution in [0.3, 0.4) is 0 Å². The van der Waals surface area contributed by atoms with Crippen LogP contribution in [0.2, 0.25) is 0 Å². The van der Waals surface area contributed by atoms with Crippen LogP contribution in [0, 0.1) is 27.7 Å². The number of aldehydes is 1. The van der Waals surface area contributed by atoms with Crippen molar-refractivity contribution in [1.29, 1.82) is 0 Å². The van der Waals surface area contributed by atoms with Gasteiger partial charge in [0, 0.05) is 34.4 Å². The van der Waals surface area contributed by atoms with E-state index in [0.717, 1.165) is 22.3 Å². The average molecular weight is 933 g/mol. The lowest BCUT2D eigenvalue weighted by atomic mass is 9.71. The molecule has 4 aromatic carbocycles. The van der Waals surface area contributed by atoms with Gasteiger partial charge in [0.25, 0.3) is 23.6 Å². The average Bonchev–Trinajstić information content (AvgIpc) is 3.45. The summed E-state index contributed by atoms with van der Waals surface area (Å²) in [7, 11) is -1.64. The molecule has 15 nitrogen and oxygen atoms in total. The molecule has 2 heterocycles. The lowest BCUT2D eigenvalue weighted by Crippen LogP contribution is -2.56. The first-order chi connectivity index (χ1) is 31.0. The lowest BCUT2D eigenvalue weighted by molar-refractivity contribution is 0.00578. The number of nitrogens with one attached hydrogen (secondary N) is 3. The Morgan fingerprint density at radius 3 is 1.44 bits per heavy atom. The molecule has 0 atom stereocenters. The summed E-state index contributed by atoms with van der Waals surface area (Å²) in [6, 6.07) is 20.9. The first-order valence-corrected chi connectivity index (χ1v) is 22.2. The molecule has 0 unspecified atom stereocenters. The van der Waals surface area contributed by atoms with Crippen LogP contribution in [0.25, 0.3) is 0 Å². The highest BCUT2D eigenvalue weighted by atomic mass is 16.7. The number of aliphatic hydroxyl groups is 1. The second-order valence-electron chi connectivity index (χ2n) is 19.8. The molecule has 4 aromatic rings. The minimum Gasteiger partial charge on any atom is -0.428 e. The topological polar surface area (TPSA) is 199 Å². The van der Waals surface area contributed by atoms with Crippen LogP contribution in [0.5, 0.6) is 0 Å². The molecule has 364 valence electrons. The van der Waals surface area contributed by atoms with Crippen LogP contribution in [0.4, 0.5) is 0 Å². The molecule has 0 radical (unpaired) electrons. The van der Waals surface area contributed by atoms with E-state index < -0.39 is 48.3 Å². The third-order valence-electron chi connectivity index (χ3n) is 11.1. The van der Waals surface area contributed by atoms with Gasteiger partial charge >= 0.3 is 14.2 Å². The van der Waals surface area contributed by atoms with Crippen molar-refractivity contribution in [3.05, 3.63) is 128 Å². The van der Waals surface area contributed by atoms with Gasteiger partial charge in [-0.25, -0.2) is 10.0 Å². The Kier molecular flexibility index (Phi) is 18.4. The van der Waals surface area contributed by atoms with Gasteiger partial charge in [-0.2, -0.15) is 5.10 Å². The zero-order valence-electron chi connectivity index (χ0n) is 41.5. The van der Waals surface area contributed by atoms with Gasteiger partial charge in [0.1, 0.15) is 6.29 Å². The largest absolute Gasteiger partial charge is 0.495 e. The first kappa shape index (κ1) is 56.2. The van der Waals surface area contributed by atoms with E-state index in [2.05, 4.69) is 21.3 Å². The fourth-order valence-electron chi connectivity index (χ4n) is 7.16. The highest BCUT2D eigenvalue weighted by molar-refractivity contribution is 6.65. The second kappa shape index (κ2) is 22.3. The summed E-state index contributed by atoms with van der Waals surface area (Å²) >= 11 is 0. The number of benzene rings is 4. The van der Waals surface area contributed by atoms with E-state index in [1.807, 2.05) is 121 Å². The van der Waals surface area contributed by atoms with E-state index >= 15 is 0 Å². The molecule has 1 fully saturated rings. The van der Waals surface area contributed by atoms with Crippen molar-refractivity contribution in [3.8, 4) is 0 Å². The van der Waals surface area contributed by atoms with Crippen LogP contribution in [0.1, 0.15) is 163 Å². The summed E-state index contributed by atoms with van der Waals surface area (Å²) in [6.07, 6.45) is 2.22. The van der Waals surface area contributed by atoms with Crippen molar-refractivity contribution < 1.29 is 43.4 Å². The maximum atomic E-state index is 13.4. The highest BCUT2D eigenvalue weighted by Gasteiger charge is 2.52. The summed E-state index contributed by atoms with van der Waals surface area (Å²) in [6.45, 7) is 28.5. The summed E-state index contributed by atoms with van der Waals surface area (Å²) in [5, 5.41) is 26.6. The van der Waals surface area contributed by atoms with E-state index in [4.69, 9.17) is 14.4 Å². The molecule has 4 amide bonds. The molecule has 2 aliphatic rings. The maximum Gasteiger partial charge on any atom is 0.495 e. The van der Waals surface area contributed by atoms with Crippen LogP contribution in [0.15, 0.2) is 77.9 Å². The minimum atomic E-state index is -0.913. The molecular formula is C51H70B2N6O9. The van der Waals surface area contributed by atoms with Gasteiger partial charge in [-0.05, 0) is 169 Å². The SMILES string of the molecule is C.CCO.Cc1cc(C)cc(C(=O)N(NC(=O)c2ccc(B3OC(C)(C)C(C)(C)O3)c(C=O)c2)C(C)(C)C)c1.Cc1cc(C)cc(C(=O)N(NC(=O)c2ccc3c(c2)C=NNB3O)C(C)(C)C)c1. The summed E-state index contributed by atoms with van der Waals surface area (Å²) in [5.41, 5.74) is 10.7. The van der Waals surface area contributed by atoms with Crippen molar-refractivity contribution in [2.75, 3.05) is 6.61 Å². The van der Waals surface area contributed by atoms with Gasteiger partial charge in [0.2, 0.25) is 0 Å². The standard InChI is InChI=1S/C27H35BN2O5.C21H25BN4O3.C2H6O.CH4/c1-17-12-18(2)14-20(13-17)24(33)30(25(3,4)5)29-23(32)19-10-11-22(21(15-19)16-31)28-34-26(6,7)27(8,9)35-28;1-13-8-14(2)10-16(9-13)20(28)26(21(3,4)5)24-19(27)15-6-7-18-17(11-15)12-23-25-22(18)29;1-2-3;/h10-16H,1-9H3,(H,29,32);6-12,25,29H,1-5H3,(H,24,27);3H,2H2,1H3;1H4. The monoisotopic (exact) mass is 933 g/mol. The molecule has 17 heteroatoms. The molecule has 2 aliphatic heterocycles. The minimum absolute atomic E-state index is 0. The number of aryl methyl sites for hydroxylation is 4. The number of carbonyl (C=O) groups excluding carboxylic acids is 5. The molecule has 1 saturated heterocycles. The Morgan fingerprint density at radius 2 is 1.06 bits per heavy atom. The van der Waals surface area contributed by atoms with E-state index in [0.29, 0.717) is 45.0 Å². The Labute approximate surface area is 403 Å². The normalized spacial score (nSPS) is 14.3. The molecule has 0 aliphatic carbocycles. The fourth-order valence-corrected chi connectivity index (χ4v) is 7.16. The Morgan fingerprint density at radius 1 is 0.676 bits per heavy atom. The molecule has 6 rings (SSSR count). The molecule has 0 spiro atoms. The first-order valence-electron chi connectivity index (χ1n) is 22.2. The predicted molar refractivity (Wildman–Crippen MR) is 270 cm³/mol. The third kappa shape index (κ3) is 13.7. The van der Waals surface area contributed by atoms with Crippen LogP contribution < -0.4 is 27.1 Å². The number of aliphatic hydroxyl groups excluding tert-OH is 1. The Balaban J connectivity index is 0.000000341. The summed E-state index contributed by atoms with van der Waals surface area (Å²) in [5.74, 6) is -1.51.